The Kier molecular flexibility index (Phi) is 5.90. The van der Waals surface area contributed by atoms with Crippen molar-refractivity contribution in [3.05, 3.63) is 0 Å². The van der Waals surface area contributed by atoms with Gasteiger partial charge in [0.2, 0.25) is 0 Å². The molecular weight excluding hydrogens is 208 g/mol. The zero-order chi connectivity index (χ0) is 11.8. The van der Waals surface area contributed by atoms with Gasteiger partial charge < -0.3 is 9.47 Å². The molecule has 16 heavy (non-hydrogen) atoms. The van der Waals surface area contributed by atoms with Gasteiger partial charge in [-0.2, -0.15) is 0 Å². The molecule has 0 aromatic rings. The third-order valence-electron chi connectivity index (χ3n) is 2.69. The Morgan fingerprint density at radius 2 is 1.69 bits per heavy atom. The first-order valence-electron chi connectivity index (χ1n) is 6.07. The van der Waals surface area contributed by atoms with Crippen molar-refractivity contribution in [1.29, 1.82) is 0 Å². The summed E-state index contributed by atoms with van der Waals surface area (Å²) in [7, 11) is 0. The van der Waals surface area contributed by atoms with Crippen molar-refractivity contribution >= 4 is 11.9 Å². The van der Waals surface area contributed by atoms with Gasteiger partial charge in [-0.25, -0.2) is 0 Å². The van der Waals surface area contributed by atoms with Crippen molar-refractivity contribution in [2.75, 3.05) is 6.61 Å². The fourth-order valence-electron chi connectivity index (χ4n) is 1.87. The first-order valence-corrected chi connectivity index (χ1v) is 6.07. The third-order valence-corrected chi connectivity index (χ3v) is 2.69. The van der Waals surface area contributed by atoms with E-state index in [0.29, 0.717) is 6.61 Å². The molecule has 0 saturated heterocycles. The molecule has 1 aliphatic carbocycles. The number of hydrogen-bond donors (Lipinski definition) is 0. The smallest absolute Gasteiger partial charge is 0.306 e. The van der Waals surface area contributed by atoms with E-state index < -0.39 is 0 Å². The lowest BCUT2D eigenvalue weighted by Crippen LogP contribution is -2.21. The van der Waals surface area contributed by atoms with E-state index in [1.165, 1.54) is 6.42 Å². The van der Waals surface area contributed by atoms with Crippen LogP contribution in [0.5, 0.6) is 0 Å². The minimum atomic E-state index is -0.330. The maximum atomic E-state index is 11.4. The average molecular weight is 228 g/mol. The van der Waals surface area contributed by atoms with Crippen LogP contribution in [0.2, 0.25) is 0 Å². The first-order chi connectivity index (χ1) is 7.72. The quantitative estimate of drug-likeness (QED) is 0.677. The van der Waals surface area contributed by atoms with Gasteiger partial charge in [-0.15, -0.1) is 0 Å². The predicted molar refractivity (Wildman–Crippen MR) is 58.8 cm³/mol. The number of esters is 2. The van der Waals surface area contributed by atoms with Gasteiger partial charge in [-0.3, -0.25) is 9.59 Å². The minimum Gasteiger partial charge on any atom is -0.466 e. The molecule has 1 aliphatic rings. The third kappa shape index (κ3) is 5.14. The van der Waals surface area contributed by atoms with Gasteiger partial charge in [0.1, 0.15) is 6.10 Å². The molecule has 0 spiro atoms. The number of hydrogen-bond acceptors (Lipinski definition) is 4. The van der Waals surface area contributed by atoms with Crippen LogP contribution in [-0.2, 0) is 19.1 Å². The average Bonchev–Trinajstić information content (AvgIpc) is 2.28. The van der Waals surface area contributed by atoms with Gasteiger partial charge in [-0.1, -0.05) is 6.42 Å². The lowest BCUT2D eigenvalue weighted by Gasteiger charge is -2.21. The summed E-state index contributed by atoms with van der Waals surface area (Å²) in [6.45, 7) is 2.11. The van der Waals surface area contributed by atoms with Gasteiger partial charge in [-0.05, 0) is 32.6 Å². The van der Waals surface area contributed by atoms with Gasteiger partial charge >= 0.3 is 11.9 Å². The molecule has 1 rings (SSSR count). The molecule has 0 aromatic carbocycles. The predicted octanol–water partition coefficient (Wildman–Crippen LogP) is 2.21. The van der Waals surface area contributed by atoms with E-state index in [9.17, 15) is 9.59 Å². The van der Waals surface area contributed by atoms with Crippen LogP contribution in [0.1, 0.15) is 51.9 Å². The summed E-state index contributed by atoms with van der Waals surface area (Å²) in [5, 5.41) is 0. The van der Waals surface area contributed by atoms with Gasteiger partial charge in [0.05, 0.1) is 19.4 Å². The Balaban J connectivity index is 2.12. The second-order valence-corrected chi connectivity index (χ2v) is 4.05. The summed E-state index contributed by atoms with van der Waals surface area (Å²) in [5.41, 5.74) is 0. The Morgan fingerprint density at radius 1 is 1.06 bits per heavy atom. The fraction of sp³-hybridized carbons (Fsp3) is 0.833. The summed E-state index contributed by atoms with van der Waals surface area (Å²) in [6.07, 6.45) is 5.76. The van der Waals surface area contributed by atoms with Crippen molar-refractivity contribution in [2.45, 2.75) is 58.0 Å². The molecule has 0 heterocycles. The summed E-state index contributed by atoms with van der Waals surface area (Å²) in [4.78, 5) is 22.4. The number of ether oxygens (including phenoxy) is 2. The molecular formula is C12H20O4. The number of carbonyl (C=O) groups excluding carboxylic acids is 2. The van der Waals surface area contributed by atoms with Crippen molar-refractivity contribution in [3.63, 3.8) is 0 Å². The molecule has 0 amide bonds. The molecule has 0 N–H and O–H groups in total. The summed E-state index contributed by atoms with van der Waals surface area (Å²) >= 11 is 0. The van der Waals surface area contributed by atoms with E-state index in [0.717, 1.165) is 25.7 Å². The van der Waals surface area contributed by atoms with Gasteiger partial charge in [0.15, 0.2) is 0 Å². The minimum absolute atomic E-state index is 0.0726. The van der Waals surface area contributed by atoms with Crippen molar-refractivity contribution in [2.24, 2.45) is 0 Å². The second-order valence-electron chi connectivity index (χ2n) is 4.05. The lowest BCUT2D eigenvalue weighted by atomic mass is 9.98. The Bertz CT molecular complexity index is 231. The van der Waals surface area contributed by atoms with Crippen LogP contribution in [0.3, 0.4) is 0 Å². The van der Waals surface area contributed by atoms with E-state index in [1.54, 1.807) is 6.92 Å². The zero-order valence-corrected chi connectivity index (χ0v) is 9.87. The van der Waals surface area contributed by atoms with Crippen molar-refractivity contribution < 1.29 is 19.1 Å². The maximum absolute atomic E-state index is 11.4. The molecule has 92 valence electrons. The Hall–Kier alpha value is -1.06. The monoisotopic (exact) mass is 228 g/mol. The second kappa shape index (κ2) is 7.25. The molecule has 0 unspecified atom stereocenters. The summed E-state index contributed by atoms with van der Waals surface area (Å²) in [5.74, 6) is -0.608. The van der Waals surface area contributed by atoms with Crippen LogP contribution in [0.4, 0.5) is 0 Å². The summed E-state index contributed by atoms with van der Waals surface area (Å²) < 4.78 is 10.0. The van der Waals surface area contributed by atoms with Gasteiger partial charge in [0.25, 0.3) is 0 Å². The van der Waals surface area contributed by atoms with Crippen LogP contribution in [0, 0.1) is 0 Å². The highest BCUT2D eigenvalue weighted by Gasteiger charge is 2.18. The maximum Gasteiger partial charge on any atom is 0.306 e. The van der Waals surface area contributed by atoms with Crippen LogP contribution in [0.15, 0.2) is 0 Å². The standard InChI is InChI=1S/C12H20O4/c1-2-15-11(13)8-9-12(14)16-10-6-4-3-5-7-10/h10H,2-9H2,1H3. The molecule has 0 bridgehead atoms. The molecule has 0 radical (unpaired) electrons. The fourth-order valence-corrected chi connectivity index (χ4v) is 1.87. The molecule has 0 aliphatic heterocycles. The van der Waals surface area contributed by atoms with E-state index in [-0.39, 0.29) is 30.9 Å². The SMILES string of the molecule is CCOC(=O)CCC(=O)OC1CCCCC1. The highest BCUT2D eigenvalue weighted by atomic mass is 16.5. The molecule has 4 nitrogen and oxygen atoms in total. The highest BCUT2D eigenvalue weighted by Crippen LogP contribution is 2.20. The van der Waals surface area contributed by atoms with E-state index in [2.05, 4.69) is 0 Å². The Labute approximate surface area is 96.3 Å². The normalized spacial score (nSPS) is 16.8. The molecule has 0 aromatic heterocycles. The Morgan fingerprint density at radius 3 is 2.31 bits per heavy atom. The number of carbonyl (C=O) groups is 2. The lowest BCUT2D eigenvalue weighted by molar-refractivity contribution is -0.154. The van der Waals surface area contributed by atoms with Gasteiger partial charge in [0, 0.05) is 0 Å². The number of rotatable bonds is 5. The van der Waals surface area contributed by atoms with Crippen molar-refractivity contribution in [3.8, 4) is 0 Å². The molecule has 1 saturated carbocycles. The van der Waals surface area contributed by atoms with E-state index >= 15 is 0 Å². The van der Waals surface area contributed by atoms with Crippen LogP contribution in [-0.4, -0.2) is 24.6 Å². The molecule has 1 fully saturated rings. The van der Waals surface area contributed by atoms with Crippen LogP contribution < -0.4 is 0 Å². The zero-order valence-electron chi connectivity index (χ0n) is 9.87. The molecule has 0 atom stereocenters. The highest BCUT2D eigenvalue weighted by molar-refractivity contribution is 5.77. The first kappa shape index (κ1) is 13.0. The van der Waals surface area contributed by atoms with Crippen LogP contribution >= 0.6 is 0 Å². The molecule has 4 heteroatoms. The largest absolute Gasteiger partial charge is 0.466 e. The van der Waals surface area contributed by atoms with Crippen LogP contribution in [0.25, 0.3) is 0 Å². The summed E-state index contributed by atoms with van der Waals surface area (Å²) in [6, 6.07) is 0. The van der Waals surface area contributed by atoms with E-state index in [4.69, 9.17) is 9.47 Å². The van der Waals surface area contributed by atoms with E-state index in [1.807, 2.05) is 0 Å². The van der Waals surface area contributed by atoms with Crippen molar-refractivity contribution in [1.82, 2.24) is 0 Å². The topological polar surface area (TPSA) is 52.6 Å².